The Morgan fingerprint density at radius 2 is 1.37 bits per heavy atom. The van der Waals surface area contributed by atoms with Crippen LogP contribution in [0, 0.1) is 0 Å². The monoisotopic (exact) mass is 385 g/mol. The molecule has 0 saturated carbocycles. The third kappa shape index (κ3) is 3.11. The molecule has 2 heterocycles. The van der Waals surface area contributed by atoms with E-state index in [1.165, 1.54) is 4.90 Å². The van der Waals surface area contributed by atoms with Crippen molar-refractivity contribution in [3.8, 4) is 0 Å². The molecule has 2 fully saturated rings. The van der Waals surface area contributed by atoms with E-state index < -0.39 is 5.54 Å². The highest BCUT2D eigenvalue weighted by molar-refractivity contribution is 6.09. The summed E-state index contributed by atoms with van der Waals surface area (Å²) in [6, 6.07) is 18.7. The number of nitrogens with zero attached hydrogens (tertiary/aromatic N) is 2. The highest BCUT2D eigenvalue weighted by atomic mass is 35.5. The predicted octanol–water partition coefficient (Wildman–Crippen LogP) is 3.35. The van der Waals surface area contributed by atoms with Gasteiger partial charge in [0.15, 0.2) is 5.54 Å². The lowest BCUT2D eigenvalue weighted by Gasteiger charge is -2.32. The van der Waals surface area contributed by atoms with Gasteiger partial charge in [0.1, 0.15) is 0 Å². The summed E-state index contributed by atoms with van der Waals surface area (Å²) in [7, 11) is 0. The first kappa shape index (κ1) is 19.4. The molecule has 6 heteroatoms. The number of carbonyl (C=O) groups is 2. The zero-order valence-electron chi connectivity index (χ0n) is 15.3. The third-order valence-electron chi connectivity index (χ3n) is 5.51. The van der Waals surface area contributed by atoms with Gasteiger partial charge in [0, 0.05) is 13.1 Å². The SMILES string of the molecule is CC(N1CCCC1)N1C(=O)NC(c2ccccc2)(c2ccccc2)C1=O.Cl. The van der Waals surface area contributed by atoms with E-state index in [1.807, 2.05) is 67.6 Å². The summed E-state index contributed by atoms with van der Waals surface area (Å²) in [6.07, 6.45) is 1.96. The second-order valence-corrected chi connectivity index (χ2v) is 6.96. The molecule has 4 rings (SSSR count). The van der Waals surface area contributed by atoms with Crippen LogP contribution in [-0.4, -0.2) is 41.0 Å². The lowest BCUT2D eigenvalue weighted by atomic mass is 9.82. The minimum atomic E-state index is -1.17. The fourth-order valence-corrected chi connectivity index (χ4v) is 4.10. The summed E-state index contributed by atoms with van der Waals surface area (Å²) in [5, 5.41) is 3.01. The number of carbonyl (C=O) groups excluding carboxylic acids is 2. The lowest BCUT2D eigenvalue weighted by Crippen LogP contribution is -2.50. The minimum absolute atomic E-state index is 0. The highest BCUT2D eigenvalue weighted by Crippen LogP contribution is 2.37. The minimum Gasteiger partial charge on any atom is -0.315 e. The van der Waals surface area contributed by atoms with E-state index in [2.05, 4.69) is 10.2 Å². The van der Waals surface area contributed by atoms with Crippen molar-refractivity contribution in [2.45, 2.75) is 31.5 Å². The molecule has 2 aliphatic heterocycles. The second-order valence-electron chi connectivity index (χ2n) is 6.96. The Bertz CT molecular complexity index is 767. The fraction of sp³-hybridized carbons (Fsp3) is 0.333. The first-order valence-electron chi connectivity index (χ1n) is 9.15. The molecule has 0 aromatic heterocycles. The van der Waals surface area contributed by atoms with E-state index >= 15 is 0 Å². The van der Waals surface area contributed by atoms with Crippen LogP contribution in [-0.2, 0) is 10.3 Å². The highest BCUT2D eigenvalue weighted by Gasteiger charge is 2.55. The summed E-state index contributed by atoms with van der Waals surface area (Å²) < 4.78 is 0. The summed E-state index contributed by atoms with van der Waals surface area (Å²) in [5.74, 6) is -0.209. The molecule has 2 saturated heterocycles. The maximum Gasteiger partial charge on any atom is 0.326 e. The van der Waals surface area contributed by atoms with Crippen molar-refractivity contribution in [3.05, 3.63) is 71.8 Å². The van der Waals surface area contributed by atoms with Gasteiger partial charge in [-0.05, 0) is 30.9 Å². The maximum absolute atomic E-state index is 13.7. The molecule has 2 aliphatic rings. The van der Waals surface area contributed by atoms with Gasteiger partial charge in [0.2, 0.25) is 0 Å². The van der Waals surface area contributed by atoms with Crippen molar-refractivity contribution in [1.29, 1.82) is 0 Å². The van der Waals surface area contributed by atoms with Crippen LogP contribution >= 0.6 is 12.4 Å². The molecular formula is C21H24ClN3O2. The van der Waals surface area contributed by atoms with Crippen molar-refractivity contribution in [2.24, 2.45) is 0 Å². The van der Waals surface area contributed by atoms with Gasteiger partial charge in [0.25, 0.3) is 5.91 Å². The maximum atomic E-state index is 13.7. The molecular weight excluding hydrogens is 362 g/mol. The van der Waals surface area contributed by atoms with Crippen molar-refractivity contribution in [2.75, 3.05) is 13.1 Å². The van der Waals surface area contributed by atoms with Gasteiger partial charge in [-0.1, -0.05) is 60.7 Å². The third-order valence-corrected chi connectivity index (χ3v) is 5.51. The van der Waals surface area contributed by atoms with Crippen LogP contribution in [0.25, 0.3) is 0 Å². The summed E-state index contributed by atoms with van der Waals surface area (Å²) >= 11 is 0. The Balaban J connectivity index is 0.00000210. The second kappa shape index (κ2) is 7.71. The Kier molecular flexibility index (Phi) is 5.53. The standard InChI is InChI=1S/C21H23N3O2.ClH/c1-16(23-14-8-9-15-23)24-19(25)21(22-20(24)26,17-10-4-2-5-11-17)18-12-6-3-7-13-18;/h2-7,10-13,16H,8-9,14-15H2,1H3,(H,22,26);1H. The molecule has 0 radical (unpaired) electrons. The Labute approximate surface area is 165 Å². The van der Waals surface area contributed by atoms with E-state index in [-0.39, 0.29) is 30.5 Å². The molecule has 3 amide bonds. The zero-order chi connectivity index (χ0) is 18.1. The first-order valence-corrected chi connectivity index (χ1v) is 9.15. The first-order chi connectivity index (χ1) is 12.6. The van der Waals surface area contributed by atoms with Gasteiger partial charge in [-0.25, -0.2) is 9.69 Å². The average molecular weight is 386 g/mol. The number of urea groups is 1. The molecule has 5 nitrogen and oxygen atoms in total. The van der Waals surface area contributed by atoms with Crippen LogP contribution in [0.2, 0.25) is 0 Å². The van der Waals surface area contributed by atoms with E-state index in [0.29, 0.717) is 0 Å². The number of likely N-dealkylation sites (tertiary alicyclic amines) is 1. The Morgan fingerprint density at radius 1 is 0.889 bits per heavy atom. The van der Waals surface area contributed by atoms with Crippen molar-refractivity contribution in [1.82, 2.24) is 15.1 Å². The lowest BCUT2D eigenvalue weighted by molar-refractivity contribution is -0.134. The molecule has 1 atom stereocenters. The molecule has 1 N–H and O–H groups in total. The van der Waals surface area contributed by atoms with Crippen LogP contribution in [0.3, 0.4) is 0 Å². The van der Waals surface area contributed by atoms with Crippen LogP contribution in [0.5, 0.6) is 0 Å². The largest absolute Gasteiger partial charge is 0.326 e. The Morgan fingerprint density at radius 3 is 1.85 bits per heavy atom. The summed E-state index contributed by atoms with van der Waals surface area (Å²) in [5.41, 5.74) is 0.384. The smallest absolute Gasteiger partial charge is 0.315 e. The van der Waals surface area contributed by atoms with Gasteiger partial charge in [0.05, 0.1) is 6.17 Å². The number of halogens is 1. The number of rotatable bonds is 4. The average Bonchev–Trinajstić information content (AvgIpc) is 3.30. The predicted molar refractivity (Wildman–Crippen MR) is 107 cm³/mol. The number of hydrogen-bond donors (Lipinski definition) is 1. The van der Waals surface area contributed by atoms with Crippen molar-refractivity contribution >= 4 is 24.3 Å². The number of amides is 3. The fourth-order valence-electron chi connectivity index (χ4n) is 4.10. The number of nitrogens with one attached hydrogen (secondary N) is 1. The van der Waals surface area contributed by atoms with E-state index in [4.69, 9.17) is 0 Å². The molecule has 0 aliphatic carbocycles. The van der Waals surface area contributed by atoms with E-state index in [1.54, 1.807) is 0 Å². The number of imide groups is 1. The molecule has 1 unspecified atom stereocenters. The van der Waals surface area contributed by atoms with Crippen LogP contribution in [0.1, 0.15) is 30.9 Å². The van der Waals surface area contributed by atoms with Gasteiger partial charge in [-0.3, -0.25) is 9.69 Å². The quantitative estimate of drug-likeness (QED) is 0.821. The topological polar surface area (TPSA) is 52.6 Å². The van der Waals surface area contributed by atoms with Crippen molar-refractivity contribution in [3.63, 3.8) is 0 Å². The van der Waals surface area contributed by atoms with Crippen LogP contribution < -0.4 is 5.32 Å². The van der Waals surface area contributed by atoms with Gasteiger partial charge >= 0.3 is 6.03 Å². The zero-order valence-corrected chi connectivity index (χ0v) is 16.1. The number of benzene rings is 2. The number of hydrogen-bond acceptors (Lipinski definition) is 3. The molecule has 0 spiro atoms. The van der Waals surface area contributed by atoms with Crippen molar-refractivity contribution < 1.29 is 9.59 Å². The summed E-state index contributed by atoms with van der Waals surface area (Å²) in [4.78, 5) is 30.2. The molecule has 2 aromatic rings. The van der Waals surface area contributed by atoms with Gasteiger partial charge < -0.3 is 5.32 Å². The van der Waals surface area contributed by atoms with Gasteiger partial charge in [-0.2, -0.15) is 0 Å². The molecule has 2 aromatic carbocycles. The summed E-state index contributed by atoms with van der Waals surface area (Å²) in [6.45, 7) is 3.78. The normalized spacial score (nSPS) is 20.3. The molecule has 27 heavy (non-hydrogen) atoms. The van der Waals surface area contributed by atoms with Gasteiger partial charge in [-0.15, -0.1) is 12.4 Å². The molecule has 0 bridgehead atoms. The van der Waals surface area contributed by atoms with Crippen LogP contribution in [0.15, 0.2) is 60.7 Å². The van der Waals surface area contributed by atoms with E-state index in [0.717, 1.165) is 37.1 Å². The van der Waals surface area contributed by atoms with E-state index in [9.17, 15) is 9.59 Å². The molecule has 142 valence electrons. The Hall–Kier alpha value is -2.37. The van der Waals surface area contributed by atoms with Crippen LogP contribution in [0.4, 0.5) is 4.79 Å².